The standard InChI is InChI=1S/C27H35BrN2O2S/c1-4-6-8-9-10-11-27(25-20-29-26-19-22(28)14-17-24(25)26)30(18-7-5-2)33(31,32)23-15-12-21(3)13-16-23/h11-17,19-20,29H,4-10,18H2,1-3H3/b27-11-. The average molecular weight is 532 g/mol. The number of aromatic nitrogens is 1. The monoisotopic (exact) mass is 530 g/mol. The summed E-state index contributed by atoms with van der Waals surface area (Å²) in [5.41, 5.74) is 3.73. The minimum Gasteiger partial charge on any atom is -0.360 e. The summed E-state index contributed by atoms with van der Waals surface area (Å²) in [6.07, 6.45) is 11.2. The Kier molecular flexibility index (Phi) is 9.21. The zero-order valence-corrected chi connectivity index (χ0v) is 22.3. The minimum absolute atomic E-state index is 0.337. The number of H-pyrrole nitrogens is 1. The first-order chi connectivity index (χ1) is 15.9. The van der Waals surface area contributed by atoms with E-state index in [1.165, 1.54) is 12.8 Å². The van der Waals surface area contributed by atoms with Gasteiger partial charge in [-0.15, -0.1) is 0 Å². The van der Waals surface area contributed by atoms with Crippen molar-refractivity contribution < 1.29 is 8.42 Å². The third kappa shape index (κ3) is 6.30. The number of rotatable bonds is 12. The molecule has 0 aliphatic heterocycles. The van der Waals surface area contributed by atoms with E-state index in [4.69, 9.17) is 0 Å². The maximum Gasteiger partial charge on any atom is 0.264 e. The summed E-state index contributed by atoms with van der Waals surface area (Å²) in [7, 11) is -3.70. The van der Waals surface area contributed by atoms with E-state index in [-0.39, 0.29) is 0 Å². The van der Waals surface area contributed by atoms with Crippen molar-refractivity contribution in [2.45, 2.75) is 70.6 Å². The molecule has 3 rings (SSSR count). The number of benzene rings is 2. The summed E-state index contributed by atoms with van der Waals surface area (Å²) in [5, 5.41) is 1.03. The van der Waals surface area contributed by atoms with E-state index >= 15 is 0 Å². The maximum atomic E-state index is 13.9. The molecule has 0 amide bonds. The van der Waals surface area contributed by atoms with E-state index in [9.17, 15) is 8.42 Å². The highest BCUT2D eigenvalue weighted by Crippen LogP contribution is 2.34. The lowest BCUT2D eigenvalue weighted by Crippen LogP contribution is -2.31. The predicted molar refractivity (Wildman–Crippen MR) is 143 cm³/mol. The highest BCUT2D eigenvalue weighted by molar-refractivity contribution is 9.10. The van der Waals surface area contributed by atoms with Crippen molar-refractivity contribution in [1.82, 2.24) is 9.29 Å². The SMILES string of the molecule is CCCCCC/C=C(/c1c[nH]c2cc(Br)ccc12)N(CCCC)S(=O)(=O)c1ccc(C)cc1. The van der Waals surface area contributed by atoms with E-state index in [0.717, 1.165) is 64.3 Å². The summed E-state index contributed by atoms with van der Waals surface area (Å²) < 4.78 is 30.4. The van der Waals surface area contributed by atoms with Gasteiger partial charge < -0.3 is 4.98 Å². The molecular weight excluding hydrogens is 496 g/mol. The van der Waals surface area contributed by atoms with Gasteiger partial charge in [-0.2, -0.15) is 0 Å². The fourth-order valence-electron chi connectivity index (χ4n) is 3.98. The minimum atomic E-state index is -3.70. The molecule has 1 heterocycles. The Labute approximate surface area is 207 Å². The Hall–Kier alpha value is -2.05. The molecule has 0 saturated heterocycles. The fraction of sp³-hybridized carbons (Fsp3) is 0.407. The quantitative estimate of drug-likeness (QED) is 0.241. The van der Waals surface area contributed by atoms with Gasteiger partial charge in [-0.05, 0) is 50.5 Å². The molecule has 1 N–H and O–H groups in total. The van der Waals surface area contributed by atoms with Crippen molar-refractivity contribution in [1.29, 1.82) is 0 Å². The molecule has 0 aliphatic carbocycles. The molecule has 0 bridgehead atoms. The van der Waals surface area contributed by atoms with E-state index in [1.54, 1.807) is 16.4 Å². The van der Waals surface area contributed by atoms with E-state index < -0.39 is 10.0 Å². The summed E-state index contributed by atoms with van der Waals surface area (Å²) in [5.74, 6) is 0. The second-order valence-corrected chi connectivity index (χ2v) is 11.4. The summed E-state index contributed by atoms with van der Waals surface area (Å²) in [6, 6.07) is 13.2. The van der Waals surface area contributed by atoms with Crippen molar-refractivity contribution in [3.63, 3.8) is 0 Å². The Morgan fingerprint density at radius 1 is 1.00 bits per heavy atom. The normalized spacial score (nSPS) is 12.4. The van der Waals surface area contributed by atoms with Gasteiger partial charge in [0.25, 0.3) is 10.0 Å². The number of hydrogen-bond donors (Lipinski definition) is 1. The number of unbranched alkanes of at least 4 members (excludes halogenated alkanes) is 5. The van der Waals surface area contributed by atoms with Crippen molar-refractivity contribution >= 4 is 42.6 Å². The molecule has 0 aliphatic rings. The summed E-state index contributed by atoms with van der Waals surface area (Å²) >= 11 is 3.54. The average Bonchev–Trinajstić information content (AvgIpc) is 3.20. The molecule has 3 aromatic rings. The van der Waals surface area contributed by atoms with Crippen LogP contribution in [-0.2, 0) is 10.0 Å². The van der Waals surface area contributed by atoms with Gasteiger partial charge in [0.05, 0.1) is 10.6 Å². The van der Waals surface area contributed by atoms with E-state index in [0.29, 0.717) is 11.4 Å². The first-order valence-corrected chi connectivity index (χ1v) is 14.2. The van der Waals surface area contributed by atoms with Gasteiger partial charge in [0.2, 0.25) is 0 Å². The number of aryl methyl sites for hydroxylation is 1. The Bertz CT molecular complexity index is 1180. The molecular formula is C27H35BrN2O2S. The van der Waals surface area contributed by atoms with Crippen LogP contribution in [0, 0.1) is 6.92 Å². The Morgan fingerprint density at radius 2 is 1.73 bits per heavy atom. The van der Waals surface area contributed by atoms with Gasteiger partial charge in [-0.25, -0.2) is 8.42 Å². The Balaban J connectivity index is 2.10. The van der Waals surface area contributed by atoms with Gasteiger partial charge >= 0.3 is 0 Å². The van der Waals surface area contributed by atoms with Crippen molar-refractivity contribution in [2.75, 3.05) is 6.54 Å². The van der Waals surface area contributed by atoms with Crippen LogP contribution in [0.2, 0.25) is 0 Å². The topological polar surface area (TPSA) is 53.2 Å². The molecule has 0 unspecified atom stereocenters. The summed E-state index contributed by atoms with van der Waals surface area (Å²) in [4.78, 5) is 3.67. The van der Waals surface area contributed by atoms with Gasteiger partial charge in [0.15, 0.2) is 0 Å². The van der Waals surface area contributed by atoms with Crippen LogP contribution in [0.25, 0.3) is 16.6 Å². The lowest BCUT2D eigenvalue weighted by Gasteiger charge is -2.27. The summed E-state index contributed by atoms with van der Waals surface area (Å²) in [6.45, 7) is 6.72. The predicted octanol–water partition coefficient (Wildman–Crippen LogP) is 8.04. The molecule has 0 spiro atoms. The Morgan fingerprint density at radius 3 is 2.42 bits per heavy atom. The molecule has 0 fully saturated rings. The molecule has 178 valence electrons. The van der Waals surface area contributed by atoms with Crippen molar-refractivity contribution in [3.05, 3.63) is 70.3 Å². The molecule has 0 radical (unpaired) electrons. The van der Waals surface area contributed by atoms with Crippen LogP contribution in [0.1, 0.15) is 69.9 Å². The first-order valence-electron chi connectivity index (χ1n) is 11.9. The molecule has 6 heteroatoms. The lowest BCUT2D eigenvalue weighted by atomic mass is 10.1. The van der Waals surface area contributed by atoms with Crippen LogP contribution in [0.5, 0.6) is 0 Å². The molecule has 4 nitrogen and oxygen atoms in total. The molecule has 1 aromatic heterocycles. The van der Waals surface area contributed by atoms with E-state index in [1.807, 2.05) is 43.5 Å². The third-order valence-corrected chi connectivity index (χ3v) is 8.23. The number of aromatic amines is 1. The number of fused-ring (bicyclic) bond motifs is 1. The van der Waals surface area contributed by atoms with E-state index in [2.05, 4.69) is 40.8 Å². The maximum absolute atomic E-state index is 13.9. The molecule has 2 aromatic carbocycles. The van der Waals surface area contributed by atoms with Crippen LogP contribution in [0.3, 0.4) is 0 Å². The van der Waals surface area contributed by atoms with Crippen LogP contribution < -0.4 is 0 Å². The van der Waals surface area contributed by atoms with Crippen LogP contribution >= 0.6 is 15.9 Å². The zero-order chi connectivity index (χ0) is 23.8. The number of nitrogens with zero attached hydrogens (tertiary/aromatic N) is 1. The van der Waals surface area contributed by atoms with Gasteiger partial charge in [-0.3, -0.25) is 4.31 Å². The van der Waals surface area contributed by atoms with Crippen molar-refractivity contribution in [2.24, 2.45) is 0 Å². The highest BCUT2D eigenvalue weighted by atomic mass is 79.9. The third-order valence-electron chi connectivity index (χ3n) is 5.91. The number of nitrogens with one attached hydrogen (secondary N) is 1. The molecule has 0 saturated carbocycles. The smallest absolute Gasteiger partial charge is 0.264 e. The number of halogens is 1. The van der Waals surface area contributed by atoms with Crippen LogP contribution in [0.15, 0.2) is 64.1 Å². The second kappa shape index (κ2) is 11.9. The highest BCUT2D eigenvalue weighted by Gasteiger charge is 2.28. The van der Waals surface area contributed by atoms with Gasteiger partial charge in [-0.1, -0.05) is 85.3 Å². The number of allylic oxidation sites excluding steroid dienone is 1. The van der Waals surface area contributed by atoms with Gasteiger partial charge in [0.1, 0.15) is 0 Å². The lowest BCUT2D eigenvalue weighted by molar-refractivity contribution is 0.497. The van der Waals surface area contributed by atoms with Crippen LogP contribution in [-0.4, -0.2) is 24.3 Å². The second-order valence-electron chi connectivity index (χ2n) is 8.57. The largest absolute Gasteiger partial charge is 0.360 e. The number of sulfonamides is 1. The van der Waals surface area contributed by atoms with Crippen molar-refractivity contribution in [3.8, 4) is 0 Å². The van der Waals surface area contributed by atoms with Crippen LogP contribution in [0.4, 0.5) is 0 Å². The fourth-order valence-corrected chi connectivity index (χ4v) is 5.87. The zero-order valence-electron chi connectivity index (χ0n) is 19.9. The first kappa shape index (κ1) is 25.6. The molecule has 33 heavy (non-hydrogen) atoms. The van der Waals surface area contributed by atoms with Gasteiger partial charge in [0, 0.05) is 33.7 Å². The number of hydrogen-bond acceptors (Lipinski definition) is 2. The molecule has 0 atom stereocenters.